The van der Waals surface area contributed by atoms with Gasteiger partial charge in [0.05, 0.1) is 12.2 Å². The maximum Gasteiger partial charge on any atom is 0.0597 e. The molecular weight excluding hydrogens is 272 g/mol. The van der Waals surface area contributed by atoms with Crippen LogP contribution in [0.15, 0.2) is 0 Å². The molecule has 0 heterocycles. The van der Waals surface area contributed by atoms with E-state index in [1.54, 1.807) is 0 Å². The van der Waals surface area contributed by atoms with Gasteiger partial charge in [-0.1, -0.05) is 41.0 Å². The van der Waals surface area contributed by atoms with Crippen LogP contribution >= 0.6 is 0 Å². The molecule has 3 fully saturated rings. The van der Waals surface area contributed by atoms with E-state index in [0.717, 1.165) is 19.3 Å². The second-order valence-corrected chi connectivity index (χ2v) is 9.79. The van der Waals surface area contributed by atoms with Gasteiger partial charge in [-0.2, -0.15) is 0 Å². The Kier molecular flexibility index (Phi) is 4.18. The minimum absolute atomic E-state index is 0.0961. The number of fused-ring (bicyclic) bond motifs is 3. The second-order valence-electron chi connectivity index (χ2n) is 9.79. The van der Waals surface area contributed by atoms with Gasteiger partial charge < -0.3 is 10.2 Å². The molecule has 128 valence electrons. The zero-order valence-corrected chi connectivity index (χ0v) is 15.2. The molecule has 0 spiro atoms. The van der Waals surface area contributed by atoms with Gasteiger partial charge >= 0.3 is 0 Å². The zero-order chi connectivity index (χ0) is 16.3. The Labute approximate surface area is 136 Å². The molecule has 3 rings (SSSR count). The number of hydrogen-bond acceptors (Lipinski definition) is 2. The van der Waals surface area contributed by atoms with Crippen molar-refractivity contribution in [2.24, 2.45) is 40.4 Å². The Bertz CT molecular complexity index is 418. The van der Waals surface area contributed by atoms with Crippen LogP contribution in [0.5, 0.6) is 0 Å². The highest BCUT2D eigenvalue weighted by Gasteiger charge is 2.56. The standard InChI is InChI=1S/C20H36O2/c1-12-7-9-17(22)20(5)11-16(21)18-13(2)6-8-14(10-15(12)20)19(18,3)4/h12-18,21-22H,6-11H2,1-5H3/t12-,13-,14+,15-,16?,17?,18-,20+/m1/s1. The molecule has 3 saturated carbocycles. The van der Waals surface area contributed by atoms with E-state index in [1.165, 1.54) is 19.3 Å². The maximum atomic E-state index is 11.1. The first-order valence-electron chi connectivity index (χ1n) is 9.54. The van der Waals surface area contributed by atoms with Gasteiger partial charge in [0, 0.05) is 0 Å². The summed E-state index contributed by atoms with van der Waals surface area (Å²) in [6.07, 6.45) is 6.15. The van der Waals surface area contributed by atoms with E-state index in [1.807, 2.05) is 0 Å². The van der Waals surface area contributed by atoms with Gasteiger partial charge in [0.2, 0.25) is 0 Å². The van der Waals surface area contributed by atoms with E-state index >= 15 is 0 Å². The largest absolute Gasteiger partial charge is 0.393 e. The Balaban J connectivity index is 2.00. The highest BCUT2D eigenvalue weighted by molar-refractivity contribution is 5.05. The molecule has 0 aromatic carbocycles. The number of hydrogen-bond donors (Lipinski definition) is 2. The summed E-state index contributed by atoms with van der Waals surface area (Å²) >= 11 is 0. The van der Waals surface area contributed by atoms with Gasteiger partial charge in [0.25, 0.3) is 0 Å². The summed E-state index contributed by atoms with van der Waals surface area (Å²) in [4.78, 5) is 0. The van der Waals surface area contributed by atoms with Crippen molar-refractivity contribution in [3.63, 3.8) is 0 Å². The Morgan fingerprint density at radius 3 is 2.18 bits per heavy atom. The van der Waals surface area contributed by atoms with Crippen molar-refractivity contribution < 1.29 is 10.2 Å². The van der Waals surface area contributed by atoms with Crippen molar-refractivity contribution in [1.82, 2.24) is 0 Å². The average Bonchev–Trinajstić information content (AvgIpc) is 2.40. The van der Waals surface area contributed by atoms with E-state index in [2.05, 4.69) is 34.6 Å². The second kappa shape index (κ2) is 5.48. The smallest absolute Gasteiger partial charge is 0.0597 e. The molecule has 2 N–H and O–H groups in total. The van der Waals surface area contributed by atoms with Crippen molar-refractivity contribution in [3.8, 4) is 0 Å². The van der Waals surface area contributed by atoms with Crippen molar-refractivity contribution in [1.29, 1.82) is 0 Å². The van der Waals surface area contributed by atoms with Crippen LogP contribution in [0, 0.1) is 40.4 Å². The van der Waals surface area contributed by atoms with Crippen molar-refractivity contribution in [2.75, 3.05) is 0 Å². The molecule has 0 aromatic heterocycles. The molecule has 2 bridgehead atoms. The Hall–Kier alpha value is -0.0800. The van der Waals surface area contributed by atoms with Gasteiger partial charge in [-0.3, -0.25) is 0 Å². The van der Waals surface area contributed by atoms with Crippen LogP contribution < -0.4 is 0 Å². The van der Waals surface area contributed by atoms with E-state index in [4.69, 9.17) is 0 Å². The van der Waals surface area contributed by atoms with Crippen LogP contribution in [0.4, 0.5) is 0 Å². The lowest BCUT2D eigenvalue weighted by molar-refractivity contribution is -0.160. The van der Waals surface area contributed by atoms with Crippen LogP contribution in [0.2, 0.25) is 0 Å². The molecule has 0 saturated heterocycles. The Morgan fingerprint density at radius 2 is 1.50 bits per heavy atom. The van der Waals surface area contributed by atoms with E-state index < -0.39 is 0 Å². The highest BCUT2D eigenvalue weighted by Crippen LogP contribution is 2.60. The summed E-state index contributed by atoms with van der Waals surface area (Å²) in [7, 11) is 0. The van der Waals surface area contributed by atoms with Gasteiger partial charge in [-0.15, -0.1) is 0 Å². The summed E-state index contributed by atoms with van der Waals surface area (Å²) in [6.45, 7) is 11.8. The molecule has 0 aliphatic heterocycles. The molecule has 3 aliphatic carbocycles. The summed E-state index contributed by atoms with van der Waals surface area (Å²) < 4.78 is 0. The molecule has 0 amide bonds. The predicted molar refractivity (Wildman–Crippen MR) is 90.4 cm³/mol. The molecule has 0 radical (unpaired) electrons. The molecule has 2 heteroatoms. The van der Waals surface area contributed by atoms with Gasteiger partial charge in [-0.25, -0.2) is 0 Å². The lowest BCUT2D eigenvalue weighted by atomic mass is 9.47. The molecule has 8 atom stereocenters. The van der Waals surface area contributed by atoms with Gasteiger partial charge in [-0.05, 0) is 72.5 Å². The quantitative estimate of drug-likeness (QED) is 0.702. The first-order valence-corrected chi connectivity index (χ1v) is 9.54. The minimum Gasteiger partial charge on any atom is -0.393 e. The fourth-order valence-electron chi connectivity index (χ4n) is 6.84. The minimum atomic E-state index is -0.263. The fraction of sp³-hybridized carbons (Fsp3) is 1.00. The summed E-state index contributed by atoms with van der Waals surface area (Å²) in [5.41, 5.74) is 0.127. The highest BCUT2D eigenvalue weighted by atomic mass is 16.3. The molecule has 3 aliphatic rings. The normalized spacial score (nSPS) is 55.0. The van der Waals surface area contributed by atoms with E-state index in [9.17, 15) is 10.2 Å². The number of rotatable bonds is 0. The maximum absolute atomic E-state index is 11.1. The number of aliphatic hydroxyl groups is 2. The summed E-state index contributed by atoms with van der Waals surface area (Å²) in [5.74, 6) is 2.91. The first-order chi connectivity index (χ1) is 10.2. The lowest BCUT2D eigenvalue weighted by Gasteiger charge is -2.59. The SMILES string of the molecule is C[C@@H]1CCC(O)[C@@]2(C)CC(O)[C@H]3[C@H](C)CC[C@@H](C[C@H]12)C3(C)C. The average molecular weight is 309 g/mol. The molecule has 2 unspecified atom stereocenters. The van der Waals surface area contributed by atoms with Crippen molar-refractivity contribution >= 4 is 0 Å². The van der Waals surface area contributed by atoms with E-state index in [0.29, 0.717) is 29.6 Å². The summed E-state index contributed by atoms with van der Waals surface area (Å²) in [5, 5.41) is 21.9. The first kappa shape index (κ1) is 16.8. The Morgan fingerprint density at radius 1 is 0.864 bits per heavy atom. The van der Waals surface area contributed by atoms with Crippen molar-refractivity contribution in [2.45, 2.75) is 85.4 Å². The molecule has 2 nitrogen and oxygen atoms in total. The topological polar surface area (TPSA) is 40.5 Å². The van der Waals surface area contributed by atoms with Crippen LogP contribution in [-0.2, 0) is 0 Å². The molecular formula is C20H36O2. The van der Waals surface area contributed by atoms with Crippen LogP contribution in [-0.4, -0.2) is 22.4 Å². The third-order valence-electron chi connectivity index (χ3n) is 8.29. The van der Waals surface area contributed by atoms with Crippen LogP contribution in [0.3, 0.4) is 0 Å². The lowest BCUT2D eigenvalue weighted by Crippen LogP contribution is -2.56. The van der Waals surface area contributed by atoms with E-state index in [-0.39, 0.29) is 23.0 Å². The van der Waals surface area contributed by atoms with Crippen LogP contribution in [0.1, 0.15) is 73.1 Å². The predicted octanol–water partition coefficient (Wildman–Crippen LogP) is 4.24. The number of aliphatic hydroxyl groups excluding tert-OH is 2. The monoisotopic (exact) mass is 308 g/mol. The molecule has 22 heavy (non-hydrogen) atoms. The summed E-state index contributed by atoms with van der Waals surface area (Å²) in [6, 6.07) is 0. The van der Waals surface area contributed by atoms with Crippen LogP contribution in [0.25, 0.3) is 0 Å². The third kappa shape index (κ3) is 2.36. The fourth-order valence-corrected chi connectivity index (χ4v) is 6.84. The third-order valence-corrected chi connectivity index (χ3v) is 8.29. The van der Waals surface area contributed by atoms with Gasteiger partial charge in [0.1, 0.15) is 0 Å². The molecule has 0 aromatic rings. The van der Waals surface area contributed by atoms with Gasteiger partial charge in [0.15, 0.2) is 0 Å². The zero-order valence-electron chi connectivity index (χ0n) is 15.2. The van der Waals surface area contributed by atoms with Crippen molar-refractivity contribution in [3.05, 3.63) is 0 Å².